The number of hydrogen-bond donors (Lipinski definition) is 1. The normalized spacial score (nSPS) is 16.0. The van der Waals surface area contributed by atoms with Gasteiger partial charge in [0.2, 0.25) is 0 Å². The van der Waals surface area contributed by atoms with Gasteiger partial charge in [-0.05, 0) is 13.8 Å². The minimum atomic E-state index is -6.59. The van der Waals surface area contributed by atoms with Crippen LogP contribution in [-0.2, 0) is 9.53 Å². The molecule has 0 aliphatic carbocycles. The van der Waals surface area contributed by atoms with Gasteiger partial charge < -0.3 is 9.84 Å². The third-order valence-electron chi connectivity index (χ3n) is 2.23. The fourth-order valence-electron chi connectivity index (χ4n) is 1.16. The van der Waals surface area contributed by atoms with Crippen molar-refractivity contribution < 1.29 is 45.4 Å². The molecule has 0 aliphatic heterocycles. The zero-order valence-corrected chi connectivity index (χ0v) is 10.3. The highest BCUT2D eigenvalue weighted by Crippen LogP contribution is 2.49. The van der Waals surface area contributed by atoms with Crippen LogP contribution < -0.4 is 0 Å². The highest BCUT2D eigenvalue weighted by molar-refractivity contribution is 5.89. The molecule has 0 amide bonds. The molecule has 10 heteroatoms. The number of aliphatic hydroxyl groups is 1. The summed E-state index contributed by atoms with van der Waals surface area (Å²) in [6.07, 6.45) is -9.78. The zero-order valence-electron chi connectivity index (χ0n) is 10.3. The summed E-state index contributed by atoms with van der Waals surface area (Å²) in [6.45, 7) is 1.81. The predicted octanol–water partition coefficient (Wildman–Crippen LogP) is 2.69. The molecule has 0 saturated heterocycles. The summed E-state index contributed by atoms with van der Waals surface area (Å²) in [4.78, 5) is 11.1. The molecule has 1 unspecified atom stereocenters. The van der Waals surface area contributed by atoms with Crippen LogP contribution in [-0.4, -0.2) is 41.8 Å². The second-order valence-electron chi connectivity index (χ2n) is 3.56. The van der Waals surface area contributed by atoms with Crippen molar-refractivity contribution in [3.8, 4) is 0 Å². The van der Waals surface area contributed by atoms with Gasteiger partial charge in [-0.25, -0.2) is 4.79 Å². The molecule has 0 aromatic rings. The highest BCUT2D eigenvalue weighted by Gasteiger charge is 2.76. The van der Waals surface area contributed by atoms with Crippen molar-refractivity contribution >= 4 is 5.97 Å². The minimum Gasteiger partial charge on any atom is -0.463 e. The van der Waals surface area contributed by atoms with E-state index in [1.165, 1.54) is 6.92 Å². The van der Waals surface area contributed by atoms with E-state index in [2.05, 4.69) is 4.74 Å². The first kappa shape index (κ1) is 18.7. The fourth-order valence-corrected chi connectivity index (χ4v) is 1.16. The summed E-state index contributed by atoms with van der Waals surface area (Å²) >= 11 is 0. The number of carbonyl (C=O) groups excluding carboxylic acids is 1. The van der Waals surface area contributed by atoms with E-state index in [1.807, 2.05) is 0 Å². The van der Waals surface area contributed by atoms with Gasteiger partial charge in [0.15, 0.2) is 6.10 Å². The lowest BCUT2D eigenvalue weighted by Gasteiger charge is -2.31. The molecular weight excluding hydrogens is 301 g/mol. The molecule has 0 spiro atoms. The van der Waals surface area contributed by atoms with E-state index in [0.29, 0.717) is 6.08 Å². The van der Waals surface area contributed by atoms with Crippen molar-refractivity contribution in [2.75, 3.05) is 6.61 Å². The molecule has 1 atom stereocenters. The zero-order chi connectivity index (χ0) is 16.4. The van der Waals surface area contributed by atoms with Crippen LogP contribution in [0.25, 0.3) is 0 Å². The molecule has 0 heterocycles. The van der Waals surface area contributed by atoms with Crippen LogP contribution in [0.1, 0.15) is 13.8 Å². The summed E-state index contributed by atoms with van der Waals surface area (Å²) in [5, 5.41) is 9.03. The quantitative estimate of drug-likeness (QED) is 0.482. The summed E-state index contributed by atoms with van der Waals surface area (Å²) in [7, 11) is 0. The van der Waals surface area contributed by atoms with Crippen molar-refractivity contribution in [1.29, 1.82) is 0 Å². The third-order valence-corrected chi connectivity index (χ3v) is 2.23. The van der Waals surface area contributed by atoms with Crippen molar-refractivity contribution in [1.82, 2.24) is 0 Å². The van der Waals surface area contributed by atoms with Crippen molar-refractivity contribution in [3.63, 3.8) is 0 Å². The van der Waals surface area contributed by atoms with E-state index in [-0.39, 0.29) is 6.61 Å². The fraction of sp³-hybridized carbons (Fsp3) is 0.700. The molecule has 118 valence electrons. The van der Waals surface area contributed by atoms with Gasteiger partial charge in [-0.3, -0.25) is 0 Å². The van der Waals surface area contributed by atoms with Crippen LogP contribution in [0.15, 0.2) is 11.6 Å². The van der Waals surface area contributed by atoms with Crippen LogP contribution in [0.5, 0.6) is 0 Å². The monoisotopic (exact) mass is 312 g/mol. The average Bonchev–Trinajstić information content (AvgIpc) is 2.28. The van der Waals surface area contributed by atoms with Gasteiger partial charge in [0.25, 0.3) is 0 Å². The predicted molar refractivity (Wildman–Crippen MR) is 52.3 cm³/mol. The maximum Gasteiger partial charge on any atom is 0.459 e. The standard InChI is InChI=1S/C10H11F7O3/c1-3-5(7(19)20-4-2)6(18)8(11,12)9(13,14)10(15,16)17/h3,6,18H,4H2,1-2H3/b5-3-. The summed E-state index contributed by atoms with van der Waals surface area (Å²) in [6, 6.07) is 0. The van der Waals surface area contributed by atoms with E-state index >= 15 is 0 Å². The van der Waals surface area contributed by atoms with Crippen molar-refractivity contribution in [2.24, 2.45) is 0 Å². The number of hydrogen-bond acceptors (Lipinski definition) is 3. The first-order chi connectivity index (χ1) is 8.84. The van der Waals surface area contributed by atoms with Gasteiger partial charge in [0, 0.05) is 0 Å². The Kier molecular flexibility index (Phi) is 5.59. The largest absolute Gasteiger partial charge is 0.463 e. The molecule has 0 aliphatic rings. The van der Waals surface area contributed by atoms with Crippen LogP contribution >= 0.6 is 0 Å². The van der Waals surface area contributed by atoms with Gasteiger partial charge in [0.05, 0.1) is 12.2 Å². The lowest BCUT2D eigenvalue weighted by atomic mass is 9.98. The Morgan fingerprint density at radius 2 is 1.65 bits per heavy atom. The Bertz CT molecular complexity index is 387. The van der Waals surface area contributed by atoms with Crippen LogP contribution in [0.3, 0.4) is 0 Å². The number of aliphatic hydroxyl groups excluding tert-OH is 1. The smallest absolute Gasteiger partial charge is 0.459 e. The Balaban J connectivity index is 5.56. The molecule has 0 aromatic heterocycles. The Labute approximate surface area is 109 Å². The number of halogens is 7. The molecule has 3 nitrogen and oxygen atoms in total. The first-order valence-corrected chi connectivity index (χ1v) is 5.18. The topological polar surface area (TPSA) is 46.5 Å². The number of ether oxygens (including phenoxy) is 1. The summed E-state index contributed by atoms with van der Waals surface area (Å²) < 4.78 is 91.7. The van der Waals surface area contributed by atoms with E-state index in [1.54, 1.807) is 0 Å². The van der Waals surface area contributed by atoms with E-state index in [9.17, 15) is 35.5 Å². The number of carbonyl (C=O) groups is 1. The lowest BCUT2D eigenvalue weighted by molar-refractivity contribution is -0.367. The minimum absolute atomic E-state index is 0.343. The first-order valence-electron chi connectivity index (χ1n) is 5.18. The Hall–Kier alpha value is -1.32. The summed E-state index contributed by atoms with van der Waals surface area (Å²) in [5.74, 6) is -14.1. The molecule has 20 heavy (non-hydrogen) atoms. The van der Waals surface area contributed by atoms with E-state index in [4.69, 9.17) is 5.11 Å². The maximum atomic E-state index is 13.2. The molecule has 0 fully saturated rings. The van der Waals surface area contributed by atoms with Gasteiger partial charge in [-0.2, -0.15) is 30.7 Å². The number of alkyl halides is 7. The van der Waals surface area contributed by atoms with Crippen molar-refractivity contribution in [2.45, 2.75) is 38.0 Å². The third kappa shape index (κ3) is 3.22. The van der Waals surface area contributed by atoms with Gasteiger partial charge in [-0.15, -0.1) is 0 Å². The Morgan fingerprint density at radius 1 is 1.20 bits per heavy atom. The second kappa shape index (κ2) is 5.98. The maximum absolute atomic E-state index is 13.2. The van der Waals surface area contributed by atoms with E-state index < -0.39 is 35.7 Å². The number of esters is 1. The molecule has 0 aromatic carbocycles. The van der Waals surface area contributed by atoms with Crippen LogP contribution in [0.4, 0.5) is 30.7 Å². The molecule has 1 N–H and O–H groups in total. The molecular formula is C10H11F7O3. The summed E-state index contributed by atoms with van der Waals surface area (Å²) in [5.41, 5.74) is -1.39. The molecule has 0 saturated carbocycles. The van der Waals surface area contributed by atoms with Gasteiger partial charge in [0.1, 0.15) is 0 Å². The highest BCUT2D eigenvalue weighted by atomic mass is 19.4. The molecule has 0 bridgehead atoms. The van der Waals surface area contributed by atoms with Crippen LogP contribution in [0.2, 0.25) is 0 Å². The van der Waals surface area contributed by atoms with Gasteiger partial charge >= 0.3 is 24.0 Å². The number of rotatable bonds is 5. The molecule has 0 rings (SSSR count). The van der Waals surface area contributed by atoms with E-state index in [0.717, 1.165) is 6.92 Å². The average molecular weight is 312 g/mol. The SMILES string of the molecule is C/C=C(\C(=O)OCC)C(O)C(F)(F)C(F)(F)C(F)(F)F. The van der Waals surface area contributed by atoms with Crippen LogP contribution in [0, 0.1) is 0 Å². The second-order valence-corrected chi connectivity index (χ2v) is 3.56. The Morgan fingerprint density at radius 3 is 1.95 bits per heavy atom. The van der Waals surface area contributed by atoms with Crippen molar-refractivity contribution in [3.05, 3.63) is 11.6 Å². The van der Waals surface area contributed by atoms with Gasteiger partial charge in [-0.1, -0.05) is 6.08 Å². The lowest BCUT2D eigenvalue weighted by Crippen LogP contribution is -2.58. The number of allylic oxidation sites excluding steroid dienone is 1. The molecule has 0 radical (unpaired) electrons.